The first-order chi connectivity index (χ1) is 13.8. The van der Waals surface area contributed by atoms with Crippen LogP contribution in [0.25, 0.3) is 0 Å². The number of aryl methyl sites for hydroxylation is 1. The summed E-state index contributed by atoms with van der Waals surface area (Å²) in [5, 5.41) is 2.80. The van der Waals surface area contributed by atoms with Crippen LogP contribution >= 0.6 is 11.8 Å². The van der Waals surface area contributed by atoms with E-state index in [-0.39, 0.29) is 12.5 Å². The van der Waals surface area contributed by atoms with Gasteiger partial charge >= 0.3 is 0 Å². The first-order valence-electron chi connectivity index (χ1n) is 9.31. The lowest BCUT2D eigenvalue weighted by Crippen LogP contribution is -2.40. The number of anilines is 1. The van der Waals surface area contributed by atoms with Crippen molar-refractivity contribution in [2.45, 2.75) is 19.1 Å². The third kappa shape index (κ3) is 7.98. The molecule has 1 amide bonds. The van der Waals surface area contributed by atoms with Crippen LogP contribution in [0.4, 0.5) is 5.69 Å². The topological polar surface area (TPSA) is 75.7 Å². The van der Waals surface area contributed by atoms with Gasteiger partial charge in [-0.2, -0.15) is 11.8 Å². The lowest BCUT2D eigenvalue weighted by Gasteiger charge is -2.22. The number of sulfonamides is 1. The van der Waals surface area contributed by atoms with Gasteiger partial charge in [0.05, 0.1) is 19.1 Å². The largest absolute Gasteiger partial charge is 0.497 e. The van der Waals surface area contributed by atoms with E-state index in [2.05, 4.69) is 36.5 Å². The molecule has 8 heteroatoms. The van der Waals surface area contributed by atoms with Crippen LogP contribution in [0.15, 0.2) is 48.5 Å². The zero-order valence-electron chi connectivity index (χ0n) is 17.1. The van der Waals surface area contributed by atoms with Gasteiger partial charge in [-0.25, -0.2) is 8.42 Å². The predicted molar refractivity (Wildman–Crippen MR) is 120 cm³/mol. The highest BCUT2D eigenvalue weighted by atomic mass is 32.2. The number of benzene rings is 2. The molecule has 2 aromatic rings. The average molecular weight is 437 g/mol. The minimum atomic E-state index is -3.58. The maximum absolute atomic E-state index is 12.2. The van der Waals surface area contributed by atoms with E-state index in [1.807, 2.05) is 11.8 Å². The fraction of sp³-hybridized carbons (Fsp3) is 0.381. The Morgan fingerprint density at radius 2 is 1.76 bits per heavy atom. The van der Waals surface area contributed by atoms with Gasteiger partial charge in [-0.1, -0.05) is 29.8 Å². The number of hydrogen-bond acceptors (Lipinski definition) is 5. The van der Waals surface area contributed by atoms with Crippen molar-refractivity contribution in [1.29, 1.82) is 0 Å². The zero-order valence-corrected chi connectivity index (χ0v) is 18.7. The summed E-state index contributed by atoms with van der Waals surface area (Å²) in [6.07, 6.45) is 1.91. The zero-order chi connectivity index (χ0) is 21.3. The molecule has 0 atom stereocenters. The summed E-state index contributed by atoms with van der Waals surface area (Å²) in [6.45, 7) is 2.33. The van der Waals surface area contributed by atoms with Crippen LogP contribution in [0.1, 0.15) is 17.5 Å². The van der Waals surface area contributed by atoms with Crippen molar-refractivity contribution in [3.63, 3.8) is 0 Å². The summed E-state index contributed by atoms with van der Waals surface area (Å²) in [5.74, 6) is 2.15. The number of ether oxygens (including phenoxy) is 1. The number of carbonyl (C=O) groups is 1. The molecule has 158 valence electrons. The normalized spacial score (nSPS) is 11.1. The van der Waals surface area contributed by atoms with E-state index in [4.69, 9.17) is 4.74 Å². The summed E-state index contributed by atoms with van der Waals surface area (Å²) < 4.78 is 30.4. The molecular formula is C21H28N2O4S2. The average Bonchev–Trinajstić information content (AvgIpc) is 2.69. The molecule has 0 radical (unpaired) electrons. The van der Waals surface area contributed by atoms with Gasteiger partial charge in [0.1, 0.15) is 12.3 Å². The Balaban J connectivity index is 1.75. The van der Waals surface area contributed by atoms with Crippen molar-refractivity contribution in [1.82, 2.24) is 5.32 Å². The van der Waals surface area contributed by atoms with E-state index in [0.29, 0.717) is 18.0 Å². The lowest BCUT2D eigenvalue weighted by atomic mass is 10.2. The number of thioether (sulfide) groups is 1. The van der Waals surface area contributed by atoms with E-state index in [1.54, 1.807) is 24.3 Å². The molecule has 0 spiro atoms. The molecule has 0 aliphatic rings. The van der Waals surface area contributed by atoms with E-state index >= 15 is 0 Å². The van der Waals surface area contributed by atoms with Crippen LogP contribution in [0, 0.1) is 6.92 Å². The van der Waals surface area contributed by atoms with Crippen LogP contribution in [-0.2, 0) is 20.6 Å². The molecule has 0 bridgehead atoms. The van der Waals surface area contributed by atoms with Crippen LogP contribution in [0.2, 0.25) is 0 Å². The number of nitrogens with zero attached hydrogens (tertiary/aromatic N) is 1. The molecule has 0 aliphatic heterocycles. The minimum Gasteiger partial charge on any atom is -0.497 e. The predicted octanol–water partition coefficient (Wildman–Crippen LogP) is 3.21. The van der Waals surface area contributed by atoms with Crippen molar-refractivity contribution in [2.24, 2.45) is 0 Å². The molecule has 0 fully saturated rings. The van der Waals surface area contributed by atoms with E-state index < -0.39 is 10.0 Å². The van der Waals surface area contributed by atoms with E-state index in [1.165, 1.54) is 18.2 Å². The molecule has 6 nitrogen and oxygen atoms in total. The van der Waals surface area contributed by atoms with Gasteiger partial charge in [0.25, 0.3) is 0 Å². The number of rotatable bonds is 11. The molecule has 1 N–H and O–H groups in total. The Hall–Kier alpha value is -2.19. The Morgan fingerprint density at radius 3 is 2.34 bits per heavy atom. The number of hydrogen-bond donors (Lipinski definition) is 1. The second-order valence-corrected chi connectivity index (χ2v) is 9.72. The summed E-state index contributed by atoms with van der Waals surface area (Å²) in [4.78, 5) is 12.2. The maximum Gasteiger partial charge on any atom is 0.240 e. The van der Waals surface area contributed by atoms with Crippen LogP contribution in [-0.4, -0.2) is 46.5 Å². The smallest absolute Gasteiger partial charge is 0.240 e. The SMILES string of the molecule is COc1ccc(N(CC(=O)NCCCSCc2ccc(C)cc2)S(C)(=O)=O)cc1. The summed E-state index contributed by atoms with van der Waals surface area (Å²) in [7, 11) is -2.04. The second-order valence-electron chi connectivity index (χ2n) is 6.71. The summed E-state index contributed by atoms with van der Waals surface area (Å²) in [5.41, 5.74) is 2.96. The van der Waals surface area contributed by atoms with Gasteiger partial charge in [0, 0.05) is 12.3 Å². The molecule has 2 rings (SSSR count). The summed E-state index contributed by atoms with van der Waals surface area (Å²) >= 11 is 1.81. The van der Waals surface area contributed by atoms with E-state index in [9.17, 15) is 13.2 Å². The number of carbonyl (C=O) groups excluding carboxylic acids is 1. The lowest BCUT2D eigenvalue weighted by molar-refractivity contribution is -0.119. The van der Waals surface area contributed by atoms with Crippen molar-refractivity contribution < 1.29 is 17.9 Å². The van der Waals surface area contributed by atoms with Crippen molar-refractivity contribution in [2.75, 3.05) is 36.5 Å². The number of methoxy groups -OCH3 is 1. The minimum absolute atomic E-state index is 0.248. The highest BCUT2D eigenvalue weighted by Gasteiger charge is 2.20. The second kappa shape index (κ2) is 11.1. The Labute approximate surface area is 177 Å². The van der Waals surface area contributed by atoms with Crippen LogP contribution < -0.4 is 14.4 Å². The number of nitrogens with one attached hydrogen (secondary N) is 1. The molecule has 2 aromatic carbocycles. The molecule has 29 heavy (non-hydrogen) atoms. The van der Waals surface area contributed by atoms with Gasteiger partial charge < -0.3 is 10.1 Å². The Bertz CT molecular complexity index is 882. The van der Waals surface area contributed by atoms with Crippen LogP contribution in [0.5, 0.6) is 5.75 Å². The quantitative estimate of drug-likeness (QED) is 0.548. The fourth-order valence-electron chi connectivity index (χ4n) is 2.61. The summed E-state index contributed by atoms with van der Waals surface area (Å²) in [6, 6.07) is 15.0. The molecule has 0 saturated carbocycles. The monoisotopic (exact) mass is 436 g/mol. The Kier molecular flexibility index (Phi) is 8.85. The molecule has 0 unspecified atom stereocenters. The van der Waals surface area contributed by atoms with Gasteiger partial charge in [-0.05, 0) is 48.9 Å². The van der Waals surface area contributed by atoms with Crippen molar-refractivity contribution in [3.8, 4) is 5.75 Å². The molecule has 0 aliphatic carbocycles. The third-order valence-corrected chi connectivity index (χ3v) is 6.48. The van der Waals surface area contributed by atoms with Crippen molar-refractivity contribution in [3.05, 3.63) is 59.7 Å². The van der Waals surface area contributed by atoms with Gasteiger partial charge in [-0.3, -0.25) is 9.10 Å². The highest BCUT2D eigenvalue weighted by Crippen LogP contribution is 2.21. The first-order valence-corrected chi connectivity index (χ1v) is 12.3. The van der Waals surface area contributed by atoms with Crippen molar-refractivity contribution >= 4 is 33.4 Å². The molecule has 0 aromatic heterocycles. The maximum atomic E-state index is 12.2. The van der Waals surface area contributed by atoms with Crippen LogP contribution in [0.3, 0.4) is 0 Å². The Morgan fingerprint density at radius 1 is 1.10 bits per heavy atom. The highest BCUT2D eigenvalue weighted by molar-refractivity contribution is 7.98. The van der Waals surface area contributed by atoms with Gasteiger partial charge in [0.2, 0.25) is 15.9 Å². The third-order valence-electron chi connectivity index (χ3n) is 4.22. The van der Waals surface area contributed by atoms with Gasteiger partial charge in [0.15, 0.2) is 0 Å². The van der Waals surface area contributed by atoms with E-state index in [0.717, 1.165) is 28.5 Å². The number of amides is 1. The standard InChI is InChI=1S/C21H28N2O4S2/c1-17-5-7-18(8-6-17)16-28-14-4-13-22-21(24)15-23(29(3,25)26)19-9-11-20(27-2)12-10-19/h5-12H,4,13-16H2,1-3H3,(H,22,24). The molecule has 0 heterocycles. The molecular weight excluding hydrogens is 408 g/mol. The van der Waals surface area contributed by atoms with Gasteiger partial charge in [-0.15, -0.1) is 0 Å². The first kappa shape index (κ1) is 23.1. The molecule has 0 saturated heterocycles. The fourth-order valence-corrected chi connectivity index (χ4v) is 4.39.